The summed E-state index contributed by atoms with van der Waals surface area (Å²) in [7, 11) is 0. The number of carbonyl (C=O) groups excluding carboxylic acids is 1. The van der Waals surface area contributed by atoms with Crippen LogP contribution in [0.5, 0.6) is 0 Å². The van der Waals surface area contributed by atoms with E-state index in [0.29, 0.717) is 6.54 Å². The van der Waals surface area contributed by atoms with Crippen molar-refractivity contribution in [2.75, 3.05) is 13.2 Å². The van der Waals surface area contributed by atoms with Crippen LogP contribution in [0.2, 0.25) is 0 Å². The van der Waals surface area contributed by atoms with Gasteiger partial charge in [-0.25, -0.2) is 4.39 Å². The largest absolute Gasteiger partial charge is 0.396 e. The van der Waals surface area contributed by atoms with Gasteiger partial charge in [-0.15, -0.1) is 0 Å². The van der Waals surface area contributed by atoms with Crippen molar-refractivity contribution in [2.45, 2.75) is 39.0 Å². The standard InChI is InChI=1S/C16H22FNO2/c1-12-5-6-14(17)13(9-12)15(20)18-10-16(11-19)7-3-2-4-8-16/h5-6,9,19H,2-4,7-8,10-11H2,1H3,(H,18,20). The molecule has 1 aliphatic rings. The summed E-state index contributed by atoms with van der Waals surface area (Å²) >= 11 is 0. The zero-order chi connectivity index (χ0) is 14.6. The Balaban J connectivity index is 2.02. The molecule has 110 valence electrons. The summed E-state index contributed by atoms with van der Waals surface area (Å²) in [6, 6.07) is 4.51. The van der Waals surface area contributed by atoms with Gasteiger partial charge in [0.2, 0.25) is 0 Å². The van der Waals surface area contributed by atoms with Gasteiger partial charge in [-0.1, -0.05) is 30.9 Å². The first kappa shape index (κ1) is 15.0. The molecule has 0 unspecified atom stereocenters. The van der Waals surface area contributed by atoms with E-state index in [0.717, 1.165) is 31.2 Å². The third-order valence-electron chi connectivity index (χ3n) is 4.24. The van der Waals surface area contributed by atoms with Crippen LogP contribution < -0.4 is 5.32 Å². The zero-order valence-electron chi connectivity index (χ0n) is 11.9. The monoisotopic (exact) mass is 279 g/mol. The molecule has 0 aliphatic heterocycles. The summed E-state index contributed by atoms with van der Waals surface area (Å²) in [5, 5.41) is 12.4. The van der Waals surface area contributed by atoms with Crippen LogP contribution in [0.1, 0.15) is 48.0 Å². The molecule has 0 saturated heterocycles. The summed E-state index contributed by atoms with van der Waals surface area (Å²) < 4.78 is 13.7. The van der Waals surface area contributed by atoms with E-state index in [4.69, 9.17) is 0 Å². The van der Waals surface area contributed by atoms with Crippen LogP contribution in [0.25, 0.3) is 0 Å². The molecule has 0 radical (unpaired) electrons. The number of aryl methyl sites for hydroxylation is 1. The number of rotatable bonds is 4. The lowest BCUT2D eigenvalue weighted by molar-refractivity contribution is 0.0716. The predicted octanol–water partition coefficient (Wildman–Crippen LogP) is 2.81. The fraction of sp³-hybridized carbons (Fsp3) is 0.562. The molecule has 4 heteroatoms. The van der Waals surface area contributed by atoms with Gasteiger partial charge in [0.05, 0.1) is 12.2 Å². The maximum Gasteiger partial charge on any atom is 0.254 e. The Morgan fingerprint density at radius 1 is 1.35 bits per heavy atom. The average Bonchev–Trinajstić information content (AvgIpc) is 2.48. The van der Waals surface area contributed by atoms with Crippen LogP contribution in [-0.2, 0) is 0 Å². The van der Waals surface area contributed by atoms with Crippen molar-refractivity contribution in [2.24, 2.45) is 5.41 Å². The highest BCUT2D eigenvalue weighted by atomic mass is 19.1. The number of carbonyl (C=O) groups is 1. The van der Waals surface area contributed by atoms with E-state index in [1.807, 2.05) is 6.92 Å². The SMILES string of the molecule is Cc1ccc(F)c(C(=O)NCC2(CO)CCCCC2)c1. The molecule has 0 aromatic heterocycles. The van der Waals surface area contributed by atoms with Crippen molar-refractivity contribution in [3.63, 3.8) is 0 Å². The second-order valence-corrected chi connectivity index (χ2v) is 5.88. The maximum absolute atomic E-state index is 13.7. The van der Waals surface area contributed by atoms with Gasteiger partial charge in [0.15, 0.2) is 0 Å². The number of aliphatic hydroxyl groups excluding tert-OH is 1. The molecule has 0 bridgehead atoms. The molecule has 0 atom stereocenters. The smallest absolute Gasteiger partial charge is 0.254 e. The van der Waals surface area contributed by atoms with Gasteiger partial charge in [-0.3, -0.25) is 4.79 Å². The Kier molecular flexibility index (Phi) is 4.76. The fourth-order valence-electron chi connectivity index (χ4n) is 2.87. The van der Waals surface area contributed by atoms with E-state index in [-0.39, 0.29) is 17.6 Å². The van der Waals surface area contributed by atoms with Crippen molar-refractivity contribution < 1.29 is 14.3 Å². The van der Waals surface area contributed by atoms with Crippen LogP contribution in [-0.4, -0.2) is 24.2 Å². The van der Waals surface area contributed by atoms with Gasteiger partial charge in [0, 0.05) is 12.0 Å². The molecule has 1 fully saturated rings. The lowest BCUT2D eigenvalue weighted by atomic mass is 9.74. The van der Waals surface area contributed by atoms with E-state index in [1.165, 1.54) is 12.5 Å². The normalized spacial score (nSPS) is 17.8. The third-order valence-corrected chi connectivity index (χ3v) is 4.24. The zero-order valence-corrected chi connectivity index (χ0v) is 11.9. The molecular formula is C16H22FNO2. The summed E-state index contributed by atoms with van der Waals surface area (Å²) in [6.07, 6.45) is 5.17. The molecule has 0 heterocycles. The Bertz CT molecular complexity index is 481. The highest BCUT2D eigenvalue weighted by Gasteiger charge is 2.32. The van der Waals surface area contributed by atoms with Crippen molar-refractivity contribution in [3.8, 4) is 0 Å². The molecule has 1 saturated carbocycles. The van der Waals surface area contributed by atoms with Gasteiger partial charge < -0.3 is 10.4 Å². The number of amides is 1. The topological polar surface area (TPSA) is 49.3 Å². The van der Waals surface area contributed by atoms with Gasteiger partial charge in [-0.2, -0.15) is 0 Å². The summed E-state index contributed by atoms with van der Waals surface area (Å²) in [6.45, 7) is 2.31. The van der Waals surface area contributed by atoms with E-state index in [1.54, 1.807) is 12.1 Å². The Morgan fingerprint density at radius 3 is 2.70 bits per heavy atom. The van der Waals surface area contributed by atoms with E-state index in [2.05, 4.69) is 5.32 Å². The molecule has 2 rings (SSSR count). The Hall–Kier alpha value is -1.42. The summed E-state index contributed by atoms with van der Waals surface area (Å²) in [5.74, 6) is -0.903. The minimum absolute atomic E-state index is 0.0730. The first-order valence-corrected chi connectivity index (χ1v) is 7.22. The molecule has 20 heavy (non-hydrogen) atoms. The second-order valence-electron chi connectivity index (χ2n) is 5.88. The van der Waals surface area contributed by atoms with E-state index >= 15 is 0 Å². The second kappa shape index (κ2) is 6.35. The van der Waals surface area contributed by atoms with Gasteiger partial charge in [0.1, 0.15) is 5.82 Å². The summed E-state index contributed by atoms with van der Waals surface area (Å²) in [4.78, 5) is 12.1. The lowest BCUT2D eigenvalue weighted by Crippen LogP contribution is -2.41. The molecule has 1 aromatic carbocycles. The number of aliphatic hydroxyl groups is 1. The van der Waals surface area contributed by atoms with Gasteiger partial charge in [-0.05, 0) is 31.9 Å². The van der Waals surface area contributed by atoms with Crippen LogP contribution in [0.15, 0.2) is 18.2 Å². The quantitative estimate of drug-likeness (QED) is 0.890. The molecule has 0 spiro atoms. The lowest BCUT2D eigenvalue weighted by Gasteiger charge is -2.35. The minimum Gasteiger partial charge on any atom is -0.396 e. The molecule has 1 amide bonds. The van der Waals surface area contributed by atoms with Crippen LogP contribution in [0.3, 0.4) is 0 Å². The number of hydrogen-bond acceptors (Lipinski definition) is 2. The Labute approximate surface area is 119 Å². The van der Waals surface area contributed by atoms with Crippen molar-refractivity contribution in [3.05, 3.63) is 35.1 Å². The van der Waals surface area contributed by atoms with Crippen molar-refractivity contribution in [1.82, 2.24) is 5.32 Å². The highest BCUT2D eigenvalue weighted by molar-refractivity contribution is 5.94. The van der Waals surface area contributed by atoms with Crippen molar-refractivity contribution in [1.29, 1.82) is 0 Å². The number of hydrogen-bond donors (Lipinski definition) is 2. The predicted molar refractivity (Wildman–Crippen MR) is 76.1 cm³/mol. The van der Waals surface area contributed by atoms with Gasteiger partial charge in [0.25, 0.3) is 5.91 Å². The first-order valence-electron chi connectivity index (χ1n) is 7.22. The minimum atomic E-state index is -0.505. The average molecular weight is 279 g/mol. The molecular weight excluding hydrogens is 257 g/mol. The summed E-state index contributed by atoms with van der Waals surface area (Å²) in [5.41, 5.74) is 0.703. The van der Waals surface area contributed by atoms with Crippen LogP contribution in [0.4, 0.5) is 4.39 Å². The van der Waals surface area contributed by atoms with Gasteiger partial charge >= 0.3 is 0 Å². The maximum atomic E-state index is 13.7. The van der Waals surface area contributed by atoms with Crippen LogP contribution in [0, 0.1) is 18.2 Å². The number of benzene rings is 1. The molecule has 2 N–H and O–H groups in total. The van der Waals surface area contributed by atoms with Crippen LogP contribution >= 0.6 is 0 Å². The number of nitrogens with one attached hydrogen (secondary N) is 1. The molecule has 1 aromatic rings. The molecule has 3 nitrogen and oxygen atoms in total. The number of halogens is 1. The van der Waals surface area contributed by atoms with Crippen molar-refractivity contribution >= 4 is 5.91 Å². The molecule has 1 aliphatic carbocycles. The van der Waals surface area contributed by atoms with E-state index in [9.17, 15) is 14.3 Å². The first-order chi connectivity index (χ1) is 9.56. The fourth-order valence-corrected chi connectivity index (χ4v) is 2.87. The third kappa shape index (κ3) is 3.37. The highest BCUT2D eigenvalue weighted by Crippen LogP contribution is 2.35. The Morgan fingerprint density at radius 2 is 2.05 bits per heavy atom. The van der Waals surface area contributed by atoms with E-state index < -0.39 is 11.7 Å².